The molecular weight excluding hydrogens is 386 g/mol. The van der Waals surface area contributed by atoms with Gasteiger partial charge in [-0.25, -0.2) is 4.79 Å². The Morgan fingerprint density at radius 1 is 1.27 bits per heavy atom. The van der Waals surface area contributed by atoms with Gasteiger partial charge in [0, 0.05) is 19.6 Å². The van der Waals surface area contributed by atoms with Crippen LogP contribution in [-0.2, 0) is 14.3 Å². The zero-order valence-corrected chi connectivity index (χ0v) is 16.7. The second kappa shape index (κ2) is 7.71. The molecule has 2 amide bonds. The molecule has 0 radical (unpaired) electrons. The number of azo groups is 1. The smallest absolute Gasteiger partial charge is 0.338 e. The molecule has 0 spiro atoms. The van der Waals surface area contributed by atoms with Gasteiger partial charge in [0.15, 0.2) is 5.70 Å². The number of hydrogen-bond donors (Lipinski definition) is 0. The van der Waals surface area contributed by atoms with Crippen molar-refractivity contribution in [2.24, 2.45) is 22.1 Å². The third-order valence-corrected chi connectivity index (χ3v) is 5.88. The van der Waals surface area contributed by atoms with Crippen LogP contribution in [0.1, 0.15) is 30.1 Å². The number of amides is 2. The second-order valence-electron chi connectivity index (χ2n) is 7.45. The quantitative estimate of drug-likeness (QED) is 0.328. The van der Waals surface area contributed by atoms with Gasteiger partial charge in [-0.2, -0.15) is 5.26 Å². The van der Waals surface area contributed by atoms with E-state index in [0.29, 0.717) is 23.5 Å². The summed E-state index contributed by atoms with van der Waals surface area (Å²) in [5.41, 5.74) is 1.39. The predicted molar refractivity (Wildman–Crippen MR) is 104 cm³/mol. The summed E-state index contributed by atoms with van der Waals surface area (Å²) in [7, 11) is 1.48. The SMILES string of the molecule is CCOC(=O)c1ccc(N=N/C(C#N)=C2\[C@H]3C(=O)N(C)C(=O)[C@H]3[C@H]3CCCN23)cc1. The molecule has 0 saturated carbocycles. The van der Waals surface area contributed by atoms with Crippen molar-refractivity contribution in [3.63, 3.8) is 0 Å². The van der Waals surface area contributed by atoms with Crippen LogP contribution in [0.15, 0.2) is 45.9 Å². The topological polar surface area (TPSA) is 115 Å². The summed E-state index contributed by atoms with van der Waals surface area (Å²) in [6.07, 6.45) is 1.70. The lowest BCUT2D eigenvalue weighted by Crippen LogP contribution is -2.35. The highest BCUT2D eigenvalue weighted by Gasteiger charge is 2.60. The highest BCUT2D eigenvalue weighted by atomic mass is 16.5. The molecule has 154 valence electrons. The fraction of sp³-hybridized carbons (Fsp3) is 0.429. The summed E-state index contributed by atoms with van der Waals surface area (Å²) < 4.78 is 4.95. The molecule has 3 aliphatic heterocycles. The van der Waals surface area contributed by atoms with E-state index < -0.39 is 17.8 Å². The Balaban J connectivity index is 1.65. The predicted octanol–water partition coefficient (Wildman–Crippen LogP) is 2.39. The number of esters is 1. The molecule has 3 aliphatic rings. The van der Waals surface area contributed by atoms with E-state index >= 15 is 0 Å². The van der Waals surface area contributed by atoms with E-state index in [1.807, 2.05) is 4.90 Å². The molecule has 3 saturated heterocycles. The molecule has 0 aromatic heterocycles. The molecule has 0 unspecified atom stereocenters. The fourth-order valence-corrected chi connectivity index (χ4v) is 4.55. The van der Waals surface area contributed by atoms with Crippen LogP contribution < -0.4 is 0 Å². The van der Waals surface area contributed by atoms with E-state index in [0.717, 1.165) is 17.7 Å². The second-order valence-corrected chi connectivity index (χ2v) is 7.45. The van der Waals surface area contributed by atoms with Gasteiger partial charge in [-0.05, 0) is 44.0 Å². The van der Waals surface area contributed by atoms with E-state index in [-0.39, 0.29) is 30.2 Å². The first-order valence-electron chi connectivity index (χ1n) is 9.89. The van der Waals surface area contributed by atoms with E-state index in [2.05, 4.69) is 16.3 Å². The van der Waals surface area contributed by atoms with Crippen LogP contribution in [0, 0.1) is 23.2 Å². The van der Waals surface area contributed by atoms with E-state index in [1.165, 1.54) is 7.05 Å². The van der Waals surface area contributed by atoms with E-state index in [4.69, 9.17) is 4.74 Å². The molecule has 9 heteroatoms. The molecule has 3 heterocycles. The van der Waals surface area contributed by atoms with Crippen molar-refractivity contribution in [1.82, 2.24) is 9.80 Å². The molecule has 0 bridgehead atoms. The number of rotatable bonds is 4. The summed E-state index contributed by atoms with van der Waals surface area (Å²) in [5, 5.41) is 18.0. The van der Waals surface area contributed by atoms with Crippen molar-refractivity contribution < 1.29 is 19.1 Å². The van der Waals surface area contributed by atoms with E-state index in [1.54, 1.807) is 31.2 Å². The van der Waals surface area contributed by atoms with Gasteiger partial charge < -0.3 is 9.64 Å². The first kappa shape index (κ1) is 19.8. The van der Waals surface area contributed by atoms with Gasteiger partial charge in [0.25, 0.3) is 0 Å². The number of likely N-dealkylation sites (tertiary alicyclic amines) is 1. The van der Waals surface area contributed by atoms with Gasteiger partial charge >= 0.3 is 5.97 Å². The van der Waals surface area contributed by atoms with Gasteiger partial charge in [0.1, 0.15) is 6.07 Å². The minimum Gasteiger partial charge on any atom is -0.462 e. The zero-order chi connectivity index (χ0) is 21.4. The number of benzene rings is 1. The minimum atomic E-state index is -0.674. The molecule has 3 atom stereocenters. The minimum absolute atomic E-state index is 0.0420. The number of allylic oxidation sites excluding steroid dienone is 1. The molecular formula is C21H21N5O4. The van der Waals surface area contributed by atoms with Crippen molar-refractivity contribution in [3.05, 3.63) is 41.2 Å². The third kappa shape index (κ3) is 3.05. The average Bonchev–Trinajstić information content (AvgIpc) is 3.39. The first-order valence-corrected chi connectivity index (χ1v) is 9.89. The Labute approximate surface area is 173 Å². The molecule has 0 aliphatic carbocycles. The third-order valence-electron chi connectivity index (χ3n) is 5.88. The zero-order valence-electron chi connectivity index (χ0n) is 16.7. The maximum Gasteiger partial charge on any atom is 0.338 e. The van der Waals surface area contributed by atoms with Gasteiger partial charge in [-0.1, -0.05) is 0 Å². The van der Waals surface area contributed by atoms with Crippen molar-refractivity contribution in [3.8, 4) is 6.07 Å². The average molecular weight is 407 g/mol. The van der Waals surface area contributed by atoms with Gasteiger partial charge in [0.2, 0.25) is 11.8 Å². The summed E-state index contributed by atoms with van der Waals surface area (Å²) >= 11 is 0. The molecule has 1 aromatic carbocycles. The largest absolute Gasteiger partial charge is 0.462 e. The van der Waals surface area contributed by atoms with Crippen molar-refractivity contribution in [2.75, 3.05) is 20.2 Å². The van der Waals surface area contributed by atoms with Crippen LogP contribution in [0.4, 0.5) is 5.69 Å². The Kier molecular flexibility index (Phi) is 5.08. The van der Waals surface area contributed by atoms with Crippen LogP contribution in [0.3, 0.4) is 0 Å². The molecule has 30 heavy (non-hydrogen) atoms. The number of nitriles is 1. The summed E-state index contributed by atoms with van der Waals surface area (Å²) in [4.78, 5) is 40.2. The first-order chi connectivity index (χ1) is 14.5. The maximum atomic E-state index is 12.7. The lowest BCUT2D eigenvalue weighted by molar-refractivity contribution is -0.138. The molecule has 9 nitrogen and oxygen atoms in total. The van der Waals surface area contributed by atoms with Gasteiger partial charge in [-0.15, -0.1) is 10.2 Å². The number of ether oxygens (including phenoxy) is 1. The number of nitrogens with zero attached hydrogens (tertiary/aromatic N) is 5. The highest BCUT2D eigenvalue weighted by Crippen LogP contribution is 2.49. The van der Waals surface area contributed by atoms with Crippen LogP contribution in [0.25, 0.3) is 0 Å². The van der Waals surface area contributed by atoms with Gasteiger partial charge in [0.05, 0.1) is 35.4 Å². The Hall–Kier alpha value is -3.54. The molecule has 1 aromatic rings. The number of carbonyl (C=O) groups is 3. The van der Waals surface area contributed by atoms with Crippen LogP contribution in [0.5, 0.6) is 0 Å². The monoisotopic (exact) mass is 407 g/mol. The molecule has 4 rings (SSSR count). The van der Waals surface area contributed by atoms with Gasteiger partial charge in [-0.3, -0.25) is 14.5 Å². The Bertz CT molecular complexity index is 1010. The summed E-state index contributed by atoms with van der Waals surface area (Å²) in [5.74, 6) is -2.04. The maximum absolute atomic E-state index is 12.7. The molecule has 3 fully saturated rings. The van der Waals surface area contributed by atoms with Crippen LogP contribution >= 0.6 is 0 Å². The lowest BCUT2D eigenvalue weighted by atomic mass is 9.89. The lowest BCUT2D eigenvalue weighted by Gasteiger charge is -2.23. The van der Waals surface area contributed by atoms with Crippen LogP contribution in [-0.4, -0.2) is 53.8 Å². The van der Waals surface area contributed by atoms with E-state index in [9.17, 15) is 19.6 Å². The summed E-state index contributed by atoms with van der Waals surface area (Å²) in [6.45, 7) is 2.71. The van der Waals surface area contributed by atoms with Crippen LogP contribution in [0.2, 0.25) is 0 Å². The number of imide groups is 1. The number of fused-ring (bicyclic) bond motifs is 3. The number of carbonyl (C=O) groups excluding carboxylic acids is 3. The standard InChI is InChI=1S/C21H21N5O4/c1-3-30-21(29)12-6-8-13(9-7-12)23-24-14(11-22)18-17-16(15-5-4-10-26(15)18)19(27)25(2)20(17)28/h6-9,15-17H,3-5,10H2,1-2H3/b18-14+,24-23?/t15-,16+,17+/m1/s1. The van der Waals surface area contributed by atoms with Crippen molar-refractivity contribution >= 4 is 23.5 Å². The van der Waals surface area contributed by atoms with Crippen molar-refractivity contribution in [2.45, 2.75) is 25.8 Å². The number of hydrogen-bond acceptors (Lipinski definition) is 8. The Morgan fingerprint density at radius 2 is 2.00 bits per heavy atom. The fourth-order valence-electron chi connectivity index (χ4n) is 4.55. The molecule has 0 N–H and O–H groups in total. The Morgan fingerprint density at radius 3 is 2.67 bits per heavy atom. The normalized spacial score (nSPS) is 26.8. The highest BCUT2D eigenvalue weighted by molar-refractivity contribution is 6.07. The summed E-state index contributed by atoms with van der Waals surface area (Å²) in [6, 6.07) is 8.33. The van der Waals surface area contributed by atoms with Crippen molar-refractivity contribution in [1.29, 1.82) is 5.26 Å².